The number of thioether (sulfide) groups is 1. The molecule has 22 heavy (non-hydrogen) atoms. The van der Waals surface area contributed by atoms with Crippen molar-refractivity contribution in [2.24, 2.45) is 0 Å². The molecular formula is C14H22N6OS. The van der Waals surface area contributed by atoms with Crippen molar-refractivity contribution >= 4 is 34.5 Å². The molecule has 0 spiro atoms. The summed E-state index contributed by atoms with van der Waals surface area (Å²) >= 11 is 1.60. The van der Waals surface area contributed by atoms with Gasteiger partial charge in [-0.2, -0.15) is 5.10 Å². The van der Waals surface area contributed by atoms with Crippen LogP contribution in [-0.4, -0.2) is 44.0 Å². The van der Waals surface area contributed by atoms with Gasteiger partial charge in [-0.15, -0.1) is 0 Å². The summed E-state index contributed by atoms with van der Waals surface area (Å²) in [5.74, 6) is 1.67. The number of hydrogen-bond acceptors (Lipinski definition) is 6. The van der Waals surface area contributed by atoms with E-state index in [0.717, 1.165) is 27.8 Å². The maximum atomic E-state index is 11.0. The van der Waals surface area contributed by atoms with Gasteiger partial charge in [0.1, 0.15) is 5.82 Å². The summed E-state index contributed by atoms with van der Waals surface area (Å²) in [4.78, 5) is 20.1. The van der Waals surface area contributed by atoms with Crippen molar-refractivity contribution in [3.05, 3.63) is 6.20 Å². The molecule has 0 saturated heterocycles. The normalized spacial score (nSPS) is 11.1. The van der Waals surface area contributed by atoms with E-state index in [-0.39, 0.29) is 11.9 Å². The Morgan fingerprint density at radius 2 is 2.18 bits per heavy atom. The molecule has 0 fully saturated rings. The van der Waals surface area contributed by atoms with Crippen molar-refractivity contribution in [2.75, 3.05) is 17.6 Å². The topological polar surface area (TPSA) is 84.7 Å². The minimum atomic E-state index is -0.0459. The number of nitrogens with one attached hydrogen (secondary N) is 2. The molecular weight excluding hydrogens is 300 g/mol. The van der Waals surface area contributed by atoms with Crippen LogP contribution < -0.4 is 10.6 Å². The molecule has 0 aliphatic heterocycles. The maximum Gasteiger partial charge on any atom is 0.216 e. The number of aromatic nitrogens is 4. The second kappa shape index (κ2) is 7.44. The molecule has 8 heteroatoms. The van der Waals surface area contributed by atoms with E-state index < -0.39 is 0 Å². The smallest absolute Gasteiger partial charge is 0.216 e. The fourth-order valence-electron chi connectivity index (χ4n) is 2.01. The first-order valence-electron chi connectivity index (χ1n) is 7.38. The predicted molar refractivity (Wildman–Crippen MR) is 89.2 cm³/mol. The summed E-state index contributed by atoms with van der Waals surface area (Å²) in [6, 6.07) is 0.278. The van der Waals surface area contributed by atoms with Gasteiger partial charge in [0.15, 0.2) is 10.8 Å². The highest BCUT2D eigenvalue weighted by atomic mass is 32.2. The van der Waals surface area contributed by atoms with Crippen molar-refractivity contribution in [1.82, 2.24) is 25.1 Å². The van der Waals surface area contributed by atoms with Gasteiger partial charge in [-0.05, 0) is 19.6 Å². The number of fused-ring (bicyclic) bond motifs is 1. The van der Waals surface area contributed by atoms with E-state index in [1.54, 1.807) is 22.6 Å². The van der Waals surface area contributed by atoms with Crippen LogP contribution in [0.15, 0.2) is 11.4 Å². The zero-order valence-corrected chi connectivity index (χ0v) is 14.2. The molecule has 0 aliphatic rings. The molecule has 0 saturated carbocycles. The monoisotopic (exact) mass is 322 g/mol. The van der Waals surface area contributed by atoms with Crippen LogP contribution in [0.2, 0.25) is 0 Å². The largest absolute Gasteiger partial charge is 0.367 e. The third-order valence-corrected chi connectivity index (χ3v) is 3.60. The van der Waals surface area contributed by atoms with Crippen LogP contribution in [0.5, 0.6) is 0 Å². The number of nitrogens with zero attached hydrogens (tertiary/aromatic N) is 4. The number of anilines is 1. The first kappa shape index (κ1) is 16.5. The van der Waals surface area contributed by atoms with Crippen molar-refractivity contribution in [1.29, 1.82) is 0 Å². The van der Waals surface area contributed by atoms with Gasteiger partial charge in [0, 0.05) is 19.5 Å². The Kier molecular flexibility index (Phi) is 5.59. The molecule has 2 aromatic heterocycles. The highest BCUT2D eigenvalue weighted by Gasteiger charge is 2.13. The van der Waals surface area contributed by atoms with E-state index in [9.17, 15) is 4.79 Å². The lowest BCUT2D eigenvalue weighted by atomic mass is 10.3. The van der Waals surface area contributed by atoms with Gasteiger partial charge in [-0.25, -0.2) is 14.6 Å². The van der Waals surface area contributed by atoms with Gasteiger partial charge in [-0.1, -0.05) is 18.7 Å². The summed E-state index contributed by atoms with van der Waals surface area (Å²) in [6.45, 7) is 8.83. The van der Waals surface area contributed by atoms with Crippen molar-refractivity contribution < 1.29 is 4.79 Å². The van der Waals surface area contributed by atoms with Crippen LogP contribution in [0.1, 0.15) is 27.7 Å². The van der Waals surface area contributed by atoms with E-state index in [1.165, 1.54) is 6.92 Å². The first-order valence-corrected chi connectivity index (χ1v) is 8.37. The number of amides is 1. The Morgan fingerprint density at radius 3 is 2.82 bits per heavy atom. The average molecular weight is 322 g/mol. The molecule has 2 rings (SSSR count). The molecule has 0 atom stereocenters. The quantitative estimate of drug-likeness (QED) is 0.598. The molecule has 0 aliphatic carbocycles. The number of rotatable bonds is 7. The molecule has 1 amide bonds. The van der Waals surface area contributed by atoms with Crippen molar-refractivity contribution in [3.63, 3.8) is 0 Å². The third kappa shape index (κ3) is 4.09. The van der Waals surface area contributed by atoms with Gasteiger partial charge in [0.25, 0.3) is 0 Å². The van der Waals surface area contributed by atoms with E-state index in [2.05, 4.69) is 46.5 Å². The second-order valence-electron chi connectivity index (χ2n) is 5.17. The zero-order valence-electron chi connectivity index (χ0n) is 13.4. The highest BCUT2D eigenvalue weighted by Crippen LogP contribution is 2.24. The molecule has 0 unspecified atom stereocenters. The SMILES string of the molecule is CCSc1nc(NC(C)C)c2cnn(CCNC(C)=O)c2n1. The molecule has 7 nitrogen and oxygen atoms in total. The standard InChI is InChI=1S/C14H22N6OS/c1-5-22-14-18-12(17-9(2)3)11-8-16-20(13(11)19-14)7-6-15-10(4)21/h8-9H,5-7H2,1-4H3,(H,15,21)(H,17,18,19). The van der Waals surface area contributed by atoms with Crippen molar-refractivity contribution in [3.8, 4) is 0 Å². The minimum absolute atomic E-state index is 0.0459. The van der Waals surface area contributed by atoms with Gasteiger partial charge in [0.05, 0.1) is 18.1 Å². The molecule has 120 valence electrons. The van der Waals surface area contributed by atoms with Gasteiger partial charge in [-0.3, -0.25) is 4.79 Å². The molecule has 0 bridgehead atoms. The fraction of sp³-hybridized carbons (Fsp3) is 0.571. The van der Waals surface area contributed by atoms with Crippen LogP contribution >= 0.6 is 11.8 Å². The average Bonchev–Trinajstić information content (AvgIpc) is 2.82. The Balaban J connectivity index is 2.34. The third-order valence-electron chi connectivity index (χ3n) is 2.87. The molecule has 2 heterocycles. The Bertz CT molecular complexity index is 654. The Morgan fingerprint density at radius 1 is 1.41 bits per heavy atom. The Hall–Kier alpha value is -1.83. The predicted octanol–water partition coefficient (Wildman–Crippen LogP) is 1.89. The van der Waals surface area contributed by atoms with E-state index in [0.29, 0.717) is 13.1 Å². The van der Waals surface area contributed by atoms with Crippen LogP contribution in [-0.2, 0) is 11.3 Å². The van der Waals surface area contributed by atoms with Crippen LogP contribution in [0.25, 0.3) is 11.0 Å². The second-order valence-corrected chi connectivity index (χ2v) is 6.41. The summed E-state index contributed by atoms with van der Waals surface area (Å²) < 4.78 is 1.80. The molecule has 2 N–H and O–H groups in total. The highest BCUT2D eigenvalue weighted by molar-refractivity contribution is 7.99. The van der Waals surface area contributed by atoms with Crippen molar-refractivity contribution in [2.45, 2.75) is 45.4 Å². The fourth-order valence-corrected chi connectivity index (χ4v) is 2.58. The lowest BCUT2D eigenvalue weighted by Crippen LogP contribution is -2.24. The van der Waals surface area contributed by atoms with Crippen LogP contribution in [0.4, 0.5) is 5.82 Å². The molecule has 2 aromatic rings. The summed E-state index contributed by atoms with van der Waals surface area (Å²) in [5, 5.41) is 12.1. The van der Waals surface area contributed by atoms with Gasteiger partial charge < -0.3 is 10.6 Å². The van der Waals surface area contributed by atoms with E-state index in [1.807, 2.05) is 0 Å². The number of hydrogen-bond donors (Lipinski definition) is 2. The van der Waals surface area contributed by atoms with Gasteiger partial charge in [0.2, 0.25) is 5.91 Å². The number of carbonyl (C=O) groups excluding carboxylic acids is 1. The zero-order chi connectivity index (χ0) is 16.1. The van der Waals surface area contributed by atoms with Crippen LogP contribution in [0, 0.1) is 0 Å². The van der Waals surface area contributed by atoms with Gasteiger partial charge >= 0.3 is 0 Å². The summed E-state index contributed by atoms with van der Waals surface area (Å²) in [5.41, 5.74) is 0.791. The number of carbonyl (C=O) groups is 1. The lowest BCUT2D eigenvalue weighted by molar-refractivity contribution is -0.118. The summed E-state index contributed by atoms with van der Waals surface area (Å²) in [6.07, 6.45) is 1.77. The lowest BCUT2D eigenvalue weighted by Gasteiger charge is -2.11. The molecule has 0 aromatic carbocycles. The van der Waals surface area contributed by atoms with Crippen LogP contribution in [0.3, 0.4) is 0 Å². The van der Waals surface area contributed by atoms with E-state index in [4.69, 9.17) is 0 Å². The van der Waals surface area contributed by atoms with E-state index >= 15 is 0 Å². The minimum Gasteiger partial charge on any atom is -0.367 e. The first-order chi connectivity index (χ1) is 10.5. The summed E-state index contributed by atoms with van der Waals surface area (Å²) in [7, 11) is 0. The molecule has 0 radical (unpaired) electrons. The maximum absolute atomic E-state index is 11.0. The Labute approximate surface area is 134 Å².